The molecule has 0 radical (unpaired) electrons. The van der Waals surface area contributed by atoms with E-state index >= 15 is 0 Å². The largest absolute Gasteiger partial charge is 0.458 e. The van der Waals surface area contributed by atoms with Crippen molar-refractivity contribution in [1.82, 2.24) is 4.98 Å². The maximum Gasteiger partial charge on any atom is 0.339 e. The Hall–Kier alpha value is -1.54. The lowest BCUT2D eigenvalue weighted by molar-refractivity contribution is -0.183. The number of aliphatic hydroxyl groups is 3. The van der Waals surface area contributed by atoms with E-state index in [9.17, 15) is 20.1 Å². The molecule has 5 saturated carbocycles. The molecular formula is C37H57NO6. The molecule has 246 valence electrons. The van der Waals surface area contributed by atoms with E-state index in [0.717, 1.165) is 38.5 Å². The van der Waals surface area contributed by atoms with E-state index in [1.165, 1.54) is 12.8 Å². The van der Waals surface area contributed by atoms with E-state index in [-0.39, 0.29) is 51.2 Å². The van der Waals surface area contributed by atoms with Crippen molar-refractivity contribution in [3.63, 3.8) is 0 Å². The van der Waals surface area contributed by atoms with Crippen LogP contribution in [0, 0.1) is 50.7 Å². The quantitative estimate of drug-likeness (QED) is 0.301. The standard InChI is InChI=1S/C37H57NO6/c1-22(18-25(43-8)30(40)33(4,5)42)24-19-28(39)35(7)27-12-11-26-32(2,3)29(44-31(41)23-10-9-17-38-20-23)13-14-36(26)21-37(27,36)16-15-34(24,35)6/h9-10,17,20,22,24-30,39-40,42H,11-16,18-19,21H2,1-8H3/t22-,24-,25?,26+,27?,28+,29?,30?,34?,35-,36?,37?/m1/s1. The number of hydrogen-bond donors (Lipinski definition) is 3. The summed E-state index contributed by atoms with van der Waals surface area (Å²) >= 11 is 0. The van der Waals surface area contributed by atoms with Gasteiger partial charge in [-0.3, -0.25) is 4.98 Å². The molecule has 0 saturated heterocycles. The van der Waals surface area contributed by atoms with Gasteiger partial charge >= 0.3 is 5.97 Å². The molecule has 5 fully saturated rings. The Bertz CT molecular complexity index is 1250. The Morgan fingerprint density at radius 3 is 2.41 bits per heavy atom. The minimum Gasteiger partial charge on any atom is -0.458 e. The van der Waals surface area contributed by atoms with Crippen LogP contribution >= 0.6 is 0 Å². The second-order valence-corrected chi connectivity index (χ2v) is 17.3. The predicted octanol–water partition coefficient (Wildman–Crippen LogP) is 6.19. The molecule has 5 aliphatic carbocycles. The number of pyridine rings is 1. The molecule has 5 aliphatic rings. The Kier molecular flexibility index (Phi) is 7.72. The number of esters is 1. The van der Waals surface area contributed by atoms with Gasteiger partial charge in [-0.2, -0.15) is 0 Å². The molecule has 7 unspecified atom stereocenters. The van der Waals surface area contributed by atoms with Crippen LogP contribution < -0.4 is 0 Å². The van der Waals surface area contributed by atoms with Crippen molar-refractivity contribution in [1.29, 1.82) is 0 Å². The van der Waals surface area contributed by atoms with Crippen LogP contribution in [0.5, 0.6) is 0 Å². The number of hydrogen-bond acceptors (Lipinski definition) is 7. The zero-order valence-electron chi connectivity index (χ0n) is 28.3. The van der Waals surface area contributed by atoms with Gasteiger partial charge in [0.1, 0.15) is 12.2 Å². The number of fused-ring (bicyclic) bond motifs is 2. The highest BCUT2D eigenvalue weighted by Gasteiger charge is 2.83. The number of nitrogens with zero attached hydrogens (tertiary/aromatic N) is 1. The number of aromatic nitrogens is 1. The fourth-order valence-corrected chi connectivity index (χ4v) is 12.5. The summed E-state index contributed by atoms with van der Waals surface area (Å²) in [5.74, 6) is 1.26. The molecule has 3 N–H and O–H groups in total. The third-order valence-corrected chi connectivity index (χ3v) is 15.0. The number of rotatable bonds is 8. The van der Waals surface area contributed by atoms with Crippen LogP contribution in [0.3, 0.4) is 0 Å². The lowest BCUT2D eigenvalue weighted by atomic mass is 9.41. The molecule has 12 atom stereocenters. The molecule has 6 rings (SSSR count). The first kappa shape index (κ1) is 32.4. The second kappa shape index (κ2) is 10.5. The summed E-state index contributed by atoms with van der Waals surface area (Å²) in [7, 11) is 1.62. The van der Waals surface area contributed by atoms with E-state index in [1.54, 1.807) is 45.5 Å². The molecule has 2 spiro atoms. The molecule has 1 aromatic heterocycles. The summed E-state index contributed by atoms with van der Waals surface area (Å²) in [6.07, 6.45) is 10.6. The van der Waals surface area contributed by atoms with Crippen molar-refractivity contribution in [3.05, 3.63) is 30.1 Å². The average Bonchev–Trinajstić information content (AvgIpc) is 3.59. The van der Waals surface area contributed by atoms with Crippen LogP contribution in [0.4, 0.5) is 0 Å². The van der Waals surface area contributed by atoms with Crippen molar-refractivity contribution in [3.8, 4) is 0 Å². The first-order valence-electron chi connectivity index (χ1n) is 17.2. The summed E-state index contributed by atoms with van der Waals surface area (Å²) in [4.78, 5) is 17.2. The number of aliphatic hydroxyl groups excluding tert-OH is 2. The Morgan fingerprint density at radius 2 is 1.77 bits per heavy atom. The number of carbonyl (C=O) groups excluding carboxylic acids is 1. The summed E-state index contributed by atoms with van der Waals surface area (Å²) in [6.45, 7) is 15.0. The van der Waals surface area contributed by atoms with Gasteiger partial charge in [0.15, 0.2) is 0 Å². The molecule has 7 heteroatoms. The van der Waals surface area contributed by atoms with Gasteiger partial charge in [0, 0.05) is 30.3 Å². The van der Waals surface area contributed by atoms with Crippen molar-refractivity contribution >= 4 is 5.97 Å². The Morgan fingerprint density at radius 1 is 1.09 bits per heavy atom. The Balaban J connectivity index is 1.22. The van der Waals surface area contributed by atoms with E-state index in [0.29, 0.717) is 29.7 Å². The van der Waals surface area contributed by atoms with Crippen LogP contribution in [0.15, 0.2) is 24.5 Å². The third-order valence-electron chi connectivity index (χ3n) is 15.0. The van der Waals surface area contributed by atoms with Gasteiger partial charge in [0.2, 0.25) is 0 Å². The van der Waals surface area contributed by atoms with E-state index in [1.807, 2.05) is 0 Å². The van der Waals surface area contributed by atoms with Crippen LogP contribution in [-0.2, 0) is 9.47 Å². The highest BCUT2D eigenvalue weighted by atomic mass is 16.5. The first-order chi connectivity index (χ1) is 20.5. The molecule has 0 amide bonds. The van der Waals surface area contributed by atoms with Gasteiger partial charge in [0.25, 0.3) is 0 Å². The lowest BCUT2D eigenvalue weighted by Crippen LogP contribution is -2.60. The van der Waals surface area contributed by atoms with Gasteiger partial charge < -0.3 is 24.8 Å². The summed E-state index contributed by atoms with van der Waals surface area (Å²) in [6, 6.07) is 3.56. The zero-order valence-corrected chi connectivity index (χ0v) is 28.3. The maximum atomic E-state index is 13.1. The van der Waals surface area contributed by atoms with Crippen molar-refractivity contribution in [2.75, 3.05) is 7.11 Å². The van der Waals surface area contributed by atoms with Crippen LogP contribution in [-0.4, -0.2) is 63.4 Å². The molecule has 1 aromatic rings. The molecule has 0 aliphatic heterocycles. The zero-order chi connectivity index (χ0) is 32.1. The van der Waals surface area contributed by atoms with Gasteiger partial charge in [-0.1, -0.05) is 34.6 Å². The van der Waals surface area contributed by atoms with Gasteiger partial charge in [-0.25, -0.2) is 4.79 Å². The van der Waals surface area contributed by atoms with E-state index in [4.69, 9.17) is 9.47 Å². The number of methoxy groups -OCH3 is 1. The smallest absolute Gasteiger partial charge is 0.339 e. The van der Waals surface area contributed by atoms with Crippen molar-refractivity contribution in [2.24, 2.45) is 50.7 Å². The minimum atomic E-state index is -1.24. The normalized spacial score (nSPS) is 44.3. The highest BCUT2D eigenvalue weighted by molar-refractivity contribution is 5.89. The highest BCUT2D eigenvalue weighted by Crippen LogP contribution is 2.89. The monoisotopic (exact) mass is 611 g/mol. The molecule has 0 bridgehead atoms. The SMILES string of the molecule is COC(C[C@@H](C)[C@H]1C[C@H](O)[C@@]2(C)C3CC[C@H]4C(C)(C)C(OC(=O)c5cccnc5)CCC45CC35CCC12C)C(O)C(C)(C)O. The van der Waals surface area contributed by atoms with Crippen LogP contribution in [0.1, 0.15) is 117 Å². The van der Waals surface area contributed by atoms with Crippen molar-refractivity contribution in [2.45, 2.75) is 136 Å². The Labute approximate surface area is 264 Å². The topological polar surface area (TPSA) is 109 Å². The molecule has 0 aromatic carbocycles. The maximum absolute atomic E-state index is 13.1. The third kappa shape index (κ3) is 4.34. The fourth-order valence-electron chi connectivity index (χ4n) is 12.5. The predicted molar refractivity (Wildman–Crippen MR) is 169 cm³/mol. The van der Waals surface area contributed by atoms with Crippen LogP contribution in [0.25, 0.3) is 0 Å². The molecule has 7 nitrogen and oxygen atoms in total. The van der Waals surface area contributed by atoms with E-state index in [2.05, 4.69) is 39.6 Å². The average molecular weight is 612 g/mol. The van der Waals surface area contributed by atoms with Gasteiger partial charge in [-0.15, -0.1) is 0 Å². The summed E-state index contributed by atoms with van der Waals surface area (Å²) < 4.78 is 11.9. The molecular weight excluding hydrogens is 554 g/mol. The summed E-state index contributed by atoms with van der Waals surface area (Å²) in [5, 5.41) is 33.4. The molecule has 44 heavy (non-hydrogen) atoms. The first-order valence-corrected chi connectivity index (χ1v) is 17.2. The lowest BCUT2D eigenvalue weighted by Gasteiger charge is -2.64. The fraction of sp³-hybridized carbons (Fsp3) is 0.838. The summed E-state index contributed by atoms with van der Waals surface area (Å²) in [5.41, 5.74) is -0.512. The number of carbonyl (C=O) groups is 1. The molecule has 1 heterocycles. The van der Waals surface area contributed by atoms with E-state index < -0.39 is 17.8 Å². The number of ether oxygens (including phenoxy) is 2. The second-order valence-electron chi connectivity index (χ2n) is 17.3. The van der Waals surface area contributed by atoms with Gasteiger partial charge in [0.05, 0.1) is 23.4 Å². The van der Waals surface area contributed by atoms with Crippen molar-refractivity contribution < 1.29 is 29.6 Å². The van der Waals surface area contributed by atoms with Crippen LogP contribution in [0.2, 0.25) is 0 Å². The van der Waals surface area contributed by atoms with Gasteiger partial charge in [-0.05, 0) is 124 Å². The minimum absolute atomic E-state index is 0.0116.